The molecule has 0 unspecified atom stereocenters. The second-order valence-corrected chi connectivity index (χ2v) is 7.53. The number of fused-ring (bicyclic) bond motifs is 1. The van der Waals surface area contributed by atoms with Crippen molar-refractivity contribution >= 4 is 17.2 Å². The second-order valence-electron chi connectivity index (χ2n) is 6.39. The zero-order valence-corrected chi connectivity index (χ0v) is 13.8. The second kappa shape index (κ2) is 6.49. The summed E-state index contributed by atoms with van der Waals surface area (Å²) in [5.41, 5.74) is 1.41. The molecule has 0 radical (unpaired) electrons. The first-order valence-corrected chi connectivity index (χ1v) is 9.03. The Morgan fingerprint density at radius 2 is 2.38 bits per heavy atom. The van der Waals surface area contributed by atoms with Crippen LogP contribution in [0.15, 0.2) is 6.07 Å². The average Bonchev–Trinajstić information content (AvgIpc) is 3.15. The smallest absolute Gasteiger partial charge is 0.261 e. The van der Waals surface area contributed by atoms with Crippen LogP contribution in [-0.4, -0.2) is 24.7 Å². The van der Waals surface area contributed by atoms with Gasteiger partial charge in [0.25, 0.3) is 5.91 Å². The van der Waals surface area contributed by atoms with E-state index in [-0.39, 0.29) is 18.1 Å². The van der Waals surface area contributed by atoms with Crippen LogP contribution in [0.3, 0.4) is 0 Å². The van der Waals surface area contributed by atoms with Gasteiger partial charge in [-0.1, -0.05) is 13.3 Å². The summed E-state index contributed by atoms with van der Waals surface area (Å²) in [6, 6.07) is 2.22. The summed E-state index contributed by atoms with van der Waals surface area (Å²) in [7, 11) is 0. The van der Waals surface area contributed by atoms with Crippen LogP contribution in [0.4, 0.5) is 0 Å². The maximum atomic E-state index is 12.4. The normalized spacial score (nSPS) is 26.4. The van der Waals surface area contributed by atoms with Crippen LogP contribution in [0.1, 0.15) is 59.6 Å². The quantitative estimate of drug-likeness (QED) is 0.923. The first kappa shape index (κ1) is 15.0. The Morgan fingerprint density at radius 3 is 3.10 bits per heavy atom. The zero-order chi connectivity index (χ0) is 14.8. The Kier molecular flexibility index (Phi) is 4.65. The van der Waals surface area contributed by atoms with Crippen molar-refractivity contribution < 1.29 is 9.53 Å². The van der Waals surface area contributed by atoms with Gasteiger partial charge in [-0.25, -0.2) is 0 Å². The molecule has 1 N–H and O–H groups in total. The average molecular weight is 307 g/mol. The standard InChI is InChI=1S/C17H25NO2S/c1-3-12-6-7-15-13(9-12)10-16(21-15)17(19)18-11(2)14-5-4-8-20-14/h10-12,14H,3-9H2,1-2H3,(H,18,19)/t11-,12+,14+/m1/s1. The summed E-state index contributed by atoms with van der Waals surface area (Å²) in [5.74, 6) is 0.874. The lowest BCUT2D eigenvalue weighted by atomic mass is 9.87. The first-order chi connectivity index (χ1) is 10.2. The number of thiophene rings is 1. The highest BCUT2D eigenvalue weighted by Gasteiger charge is 2.26. The first-order valence-electron chi connectivity index (χ1n) is 8.21. The van der Waals surface area contributed by atoms with Crippen LogP contribution in [-0.2, 0) is 17.6 Å². The van der Waals surface area contributed by atoms with Crippen LogP contribution in [0.25, 0.3) is 0 Å². The highest BCUT2D eigenvalue weighted by molar-refractivity contribution is 7.14. The van der Waals surface area contributed by atoms with Crippen molar-refractivity contribution in [2.24, 2.45) is 5.92 Å². The number of amides is 1. The maximum Gasteiger partial charge on any atom is 0.261 e. The van der Waals surface area contributed by atoms with E-state index in [4.69, 9.17) is 4.74 Å². The number of carbonyl (C=O) groups excluding carboxylic acids is 1. The molecule has 1 fully saturated rings. The monoisotopic (exact) mass is 307 g/mol. The van der Waals surface area contributed by atoms with Crippen molar-refractivity contribution in [2.45, 2.75) is 64.5 Å². The van der Waals surface area contributed by atoms with Gasteiger partial charge < -0.3 is 10.1 Å². The van der Waals surface area contributed by atoms with Gasteiger partial charge in [0, 0.05) is 11.5 Å². The molecule has 116 valence electrons. The van der Waals surface area contributed by atoms with Crippen LogP contribution < -0.4 is 5.32 Å². The van der Waals surface area contributed by atoms with Crippen LogP contribution in [0, 0.1) is 5.92 Å². The van der Waals surface area contributed by atoms with Gasteiger partial charge in [-0.15, -0.1) is 11.3 Å². The number of carbonyl (C=O) groups is 1. The Balaban J connectivity index is 1.64. The number of hydrogen-bond acceptors (Lipinski definition) is 3. The summed E-state index contributed by atoms with van der Waals surface area (Å²) in [6.07, 6.45) is 7.17. The Bertz CT molecular complexity index is 505. The molecule has 1 aliphatic carbocycles. The van der Waals surface area contributed by atoms with Gasteiger partial charge in [0.15, 0.2) is 0 Å². The van der Waals surface area contributed by atoms with E-state index in [1.165, 1.54) is 23.3 Å². The molecular formula is C17H25NO2S. The van der Waals surface area contributed by atoms with Gasteiger partial charge in [-0.2, -0.15) is 0 Å². The Labute approximate surface area is 131 Å². The summed E-state index contributed by atoms with van der Waals surface area (Å²) < 4.78 is 5.65. The number of nitrogens with one attached hydrogen (secondary N) is 1. The van der Waals surface area contributed by atoms with Crippen molar-refractivity contribution in [3.05, 3.63) is 21.4 Å². The predicted octanol–water partition coefficient (Wildman–Crippen LogP) is 3.56. The summed E-state index contributed by atoms with van der Waals surface area (Å²) in [5, 5.41) is 3.12. The van der Waals surface area contributed by atoms with Gasteiger partial charge in [-0.3, -0.25) is 4.79 Å². The molecule has 4 heteroatoms. The van der Waals surface area contributed by atoms with E-state index in [1.54, 1.807) is 11.3 Å². The fraction of sp³-hybridized carbons (Fsp3) is 0.706. The molecule has 1 amide bonds. The largest absolute Gasteiger partial charge is 0.376 e. The van der Waals surface area contributed by atoms with Gasteiger partial charge in [0.1, 0.15) is 0 Å². The molecule has 1 aromatic rings. The minimum absolute atomic E-state index is 0.0745. The van der Waals surface area contributed by atoms with Gasteiger partial charge in [0.2, 0.25) is 0 Å². The third kappa shape index (κ3) is 3.32. The molecule has 3 nitrogen and oxygen atoms in total. The fourth-order valence-corrected chi connectivity index (χ4v) is 4.54. The zero-order valence-electron chi connectivity index (χ0n) is 13.0. The van der Waals surface area contributed by atoms with Crippen LogP contribution >= 0.6 is 11.3 Å². The fourth-order valence-electron chi connectivity index (χ4n) is 3.43. The van der Waals surface area contributed by atoms with Crippen LogP contribution in [0.5, 0.6) is 0 Å². The lowest BCUT2D eigenvalue weighted by Crippen LogP contribution is -2.40. The summed E-state index contributed by atoms with van der Waals surface area (Å²) >= 11 is 1.69. The summed E-state index contributed by atoms with van der Waals surface area (Å²) in [6.45, 7) is 5.14. The van der Waals surface area contributed by atoms with Crippen molar-refractivity contribution in [3.8, 4) is 0 Å². The highest BCUT2D eigenvalue weighted by atomic mass is 32.1. The minimum atomic E-state index is 0.0745. The minimum Gasteiger partial charge on any atom is -0.376 e. The number of ether oxygens (including phenoxy) is 1. The third-order valence-corrected chi connectivity index (χ3v) is 6.10. The summed E-state index contributed by atoms with van der Waals surface area (Å²) in [4.78, 5) is 14.7. The third-order valence-electron chi connectivity index (χ3n) is 4.87. The van der Waals surface area contributed by atoms with E-state index < -0.39 is 0 Å². The van der Waals surface area contributed by atoms with E-state index in [0.717, 1.165) is 43.1 Å². The predicted molar refractivity (Wildman–Crippen MR) is 86.0 cm³/mol. The highest BCUT2D eigenvalue weighted by Crippen LogP contribution is 2.33. The molecule has 3 rings (SSSR count). The van der Waals surface area contributed by atoms with E-state index in [2.05, 4.69) is 25.2 Å². The molecule has 21 heavy (non-hydrogen) atoms. The SMILES string of the molecule is CC[C@H]1CCc2sc(C(=O)N[C@H](C)[C@@H]3CCCO3)cc2C1. The van der Waals surface area contributed by atoms with Crippen LogP contribution in [0.2, 0.25) is 0 Å². The molecule has 2 aliphatic rings. The van der Waals surface area contributed by atoms with Gasteiger partial charge in [0.05, 0.1) is 17.0 Å². The molecule has 1 saturated heterocycles. The number of hydrogen-bond donors (Lipinski definition) is 1. The molecule has 0 saturated carbocycles. The Hall–Kier alpha value is -0.870. The van der Waals surface area contributed by atoms with Crippen molar-refractivity contribution in [1.29, 1.82) is 0 Å². The van der Waals surface area contributed by atoms with Crippen molar-refractivity contribution in [1.82, 2.24) is 5.32 Å². The topological polar surface area (TPSA) is 38.3 Å². The van der Waals surface area contributed by atoms with E-state index >= 15 is 0 Å². The molecule has 2 heterocycles. The van der Waals surface area contributed by atoms with E-state index in [9.17, 15) is 4.79 Å². The Morgan fingerprint density at radius 1 is 1.52 bits per heavy atom. The van der Waals surface area contributed by atoms with Gasteiger partial charge >= 0.3 is 0 Å². The molecule has 0 bridgehead atoms. The van der Waals surface area contributed by atoms with Crippen molar-refractivity contribution in [3.63, 3.8) is 0 Å². The molecular weight excluding hydrogens is 282 g/mol. The maximum absolute atomic E-state index is 12.4. The number of aryl methyl sites for hydroxylation is 1. The van der Waals surface area contributed by atoms with E-state index in [0.29, 0.717) is 0 Å². The lowest BCUT2D eigenvalue weighted by molar-refractivity contribution is 0.0714. The molecule has 0 spiro atoms. The molecule has 3 atom stereocenters. The van der Waals surface area contributed by atoms with Gasteiger partial charge in [-0.05, 0) is 56.6 Å². The number of rotatable bonds is 4. The van der Waals surface area contributed by atoms with E-state index in [1.807, 2.05) is 0 Å². The van der Waals surface area contributed by atoms with Crippen molar-refractivity contribution in [2.75, 3.05) is 6.61 Å². The molecule has 0 aromatic carbocycles. The molecule has 1 aromatic heterocycles. The molecule has 1 aliphatic heterocycles. The lowest BCUT2D eigenvalue weighted by Gasteiger charge is -2.19.